The third kappa shape index (κ3) is 3.58. The molecule has 0 aliphatic rings. The quantitative estimate of drug-likeness (QED) is 0.495. The molecular formula is C7H15NO2. The van der Waals surface area contributed by atoms with Gasteiger partial charge in [0.25, 0.3) is 0 Å². The van der Waals surface area contributed by atoms with Crippen LogP contribution >= 0.6 is 0 Å². The fourth-order valence-corrected chi connectivity index (χ4v) is 0.644. The van der Waals surface area contributed by atoms with Gasteiger partial charge in [0.15, 0.2) is 0 Å². The van der Waals surface area contributed by atoms with Crippen LogP contribution in [0.4, 0.5) is 0 Å². The molecule has 3 heteroatoms. The van der Waals surface area contributed by atoms with Gasteiger partial charge in [-0.3, -0.25) is 0 Å². The summed E-state index contributed by atoms with van der Waals surface area (Å²) in [7, 11) is 0. The van der Waals surface area contributed by atoms with E-state index in [-0.39, 0.29) is 12.3 Å². The number of unbranched alkanes of at least 4 members (excludes halogenated alkanes) is 1. The lowest BCUT2D eigenvalue weighted by molar-refractivity contribution is 0.142. The van der Waals surface area contributed by atoms with E-state index in [0.717, 1.165) is 12.8 Å². The van der Waals surface area contributed by atoms with E-state index in [1.54, 1.807) is 0 Å². The van der Waals surface area contributed by atoms with E-state index in [1.807, 2.05) is 6.92 Å². The number of hydrogen-bond donors (Lipinski definition) is 3. The van der Waals surface area contributed by atoms with E-state index in [9.17, 15) is 0 Å². The maximum Gasteiger partial charge on any atom is 0.114 e. The molecule has 0 radical (unpaired) electrons. The monoisotopic (exact) mass is 145 g/mol. The van der Waals surface area contributed by atoms with Crippen LogP contribution in [-0.4, -0.2) is 28.6 Å². The van der Waals surface area contributed by atoms with Crippen molar-refractivity contribution in [2.75, 3.05) is 6.61 Å². The van der Waals surface area contributed by atoms with Crippen LogP contribution in [0.15, 0.2) is 0 Å². The molecule has 10 heavy (non-hydrogen) atoms. The molecule has 0 aliphatic carbocycles. The second-order valence-corrected chi connectivity index (χ2v) is 2.33. The Balaban J connectivity index is 3.42. The fraction of sp³-hybridized carbons (Fsp3) is 0.857. The topological polar surface area (TPSA) is 64.3 Å². The molecule has 0 spiro atoms. The number of hydrogen-bond acceptors (Lipinski definition) is 3. The maximum absolute atomic E-state index is 8.88. The minimum Gasteiger partial charge on any atom is -0.393 e. The third-order valence-corrected chi connectivity index (χ3v) is 1.37. The molecular weight excluding hydrogens is 130 g/mol. The molecule has 0 saturated heterocycles. The second-order valence-electron chi connectivity index (χ2n) is 2.33. The first-order valence-electron chi connectivity index (χ1n) is 3.58. The predicted molar refractivity (Wildman–Crippen MR) is 40.3 cm³/mol. The summed E-state index contributed by atoms with van der Waals surface area (Å²) in [5, 5.41) is 24.5. The lowest BCUT2D eigenvalue weighted by Gasteiger charge is -2.07. The molecule has 0 aliphatic heterocycles. The van der Waals surface area contributed by atoms with Crippen LogP contribution < -0.4 is 0 Å². The standard InChI is InChI=1S/C7H15NO2/c1-2-3-4-6(8)7(10)5-9/h7-10H,2-5H2,1H3. The molecule has 3 nitrogen and oxygen atoms in total. The Hall–Kier alpha value is -0.410. The highest BCUT2D eigenvalue weighted by molar-refractivity contribution is 5.85. The Morgan fingerprint density at radius 2 is 2.20 bits per heavy atom. The van der Waals surface area contributed by atoms with Crippen molar-refractivity contribution >= 4 is 5.71 Å². The first kappa shape index (κ1) is 9.59. The van der Waals surface area contributed by atoms with Crippen molar-refractivity contribution in [1.82, 2.24) is 0 Å². The number of aliphatic hydroxyl groups is 2. The van der Waals surface area contributed by atoms with Crippen LogP contribution in [0.25, 0.3) is 0 Å². The molecule has 60 valence electrons. The lowest BCUT2D eigenvalue weighted by atomic mass is 10.1. The van der Waals surface area contributed by atoms with Gasteiger partial charge in [-0.2, -0.15) is 0 Å². The molecule has 0 bridgehead atoms. The molecule has 0 aromatic heterocycles. The SMILES string of the molecule is CCCCC(=N)C(O)CO. The Kier molecular flexibility index (Phi) is 5.16. The molecule has 0 heterocycles. The van der Waals surface area contributed by atoms with Crippen LogP contribution in [0, 0.1) is 5.41 Å². The van der Waals surface area contributed by atoms with Crippen LogP contribution in [0.2, 0.25) is 0 Å². The third-order valence-electron chi connectivity index (χ3n) is 1.37. The van der Waals surface area contributed by atoms with E-state index in [4.69, 9.17) is 15.6 Å². The van der Waals surface area contributed by atoms with Gasteiger partial charge in [-0.15, -0.1) is 0 Å². The normalized spacial score (nSPS) is 13.1. The van der Waals surface area contributed by atoms with E-state index in [0.29, 0.717) is 6.42 Å². The van der Waals surface area contributed by atoms with Gasteiger partial charge in [-0.1, -0.05) is 13.3 Å². The van der Waals surface area contributed by atoms with Gasteiger partial charge in [-0.05, 0) is 12.8 Å². The summed E-state index contributed by atoms with van der Waals surface area (Å²) < 4.78 is 0. The number of nitrogens with one attached hydrogen (secondary N) is 1. The largest absolute Gasteiger partial charge is 0.393 e. The molecule has 0 fully saturated rings. The molecule has 0 aromatic rings. The van der Waals surface area contributed by atoms with E-state index < -0.39 is 6.10 Å². The van der Waals surface area contributed by atoms with Crippen molar-refractivity contribution in [3.8, 4) is 0 Å². The molecule has 0 saturated carbocycles. The van der Waals surface area contributed by atoms with Gasteiger partial charge >= 0.3 is 0 Å². The number of aliphatic hydroxyl groups excluding tert-OH is 2. The van der Waals surface area contributed by atoms with Crippen molar-refractivity contribution in [3.05, 3.63) is 0 Å². The van der Waals surface area contributed by atoms with E-state index in [2.05, 4.69) is 0 Å². The summed E-state index contributed by atoms with van der Waals surface area (Å²) in [6, 6.07) is 0. The van der Waals surface area contributed by atoms with E-state index >= 15 is 0 Å². The highest BCUT2D eigenvalue weighted by Crippen LogP contribution is 1.98. The molecule has 1 atom stereocenters. The van der Waals surface area contributed by atoms with Crippen molar-refractivity contribution in [3.63, 3.8) is 0 Å². The van der Waals surface area contributed by atoms with Crippen LogP contribution in [0.5, 0.6) is 0 Å². The van der Waals surface area contributed by atoms with Crippen LogP contribution in [0.1, 0.15) is 26.2 Å². The average Bonchev–Trinajstić information content (AvgIpc) is 1.98. The zero-order chi connectivity index (χ0) is 7.98. The Labute approximate surface area is 61.2 Å². The smallest absolute Gasteiger partial charge is 0.114 e. The first-order chi connectivity index (χ1) is 4.72. The van der Waals surface area contributed by atoms with Gasteiger partial charge in [0, 0.05) is 5.71 Å². The molecule has 0 aromatic carbocycles. The highest BCUT2D eigenvalue weighted by Gasteiger charge is 2.07. The van der Waals surface area contributed by atoms with Gasteiger partial charge < -0.3 is 15.6 Å². The first-order valence-corrected chi connectivity index (χ1v) is 3.58. The average molecular weight is 145 g/mol. The second kappa shape index (κ2) is 5.38. The Morgan fingerprint density at radius 3 is 2.60 bits per heavy atom. The van der Waals surface area contributed by atoms with Gasteiger partial charge in [0.1, 0.15) is 6.10 Å². The molecule has 1 unspecified atom stereocenters. The predicted octanol–water partition coefficient (Wildman–Crippen LogP) is 0.550. The van der Waals surface area contributed by atoms with Gasteiger partial charge in [-0.25, -0.2) is 0 Å². The summed E-state index contributed by atoms with van der Waals surface area (Å²) >= 11 is 0. The van der Waals surface area contributed by atoms with E-state index in [1.165, 1.54) is 0 Å². The van der Waals surface area contributed by atoms with Crippen LogP contribution in [-0.2, 0) is 0 Å². The van der Waals surface area contributed by atoms with Crippen LogP contribution in [0.3, 0.4) is 0 Å². The zero-order valence-electron chi connectivity index (χ0n) is 6.30. The Bertz CT molecular complexity index is 104. The maximum atomic E-state index is 8.88. The van der Waals surface area contributed by atoms with Gasteiger partial charge in [0.05, 0.1) is 6.61 Å². The minimum absolute atomic E-state index is 0.240. The van der Waals surface area contributed by atoms with Gasteiger partial charge in [0.2, 0.25) is 0 Å². The fourth-order valence-electron chi connectivity index (χ4n) is 0.644. The summed E-state index contributed by atoms with van der Waals surface area (Å²) in [5.41, 5.74) is 0.240. The van der Waals surface area contributed by atoms with Crippen molar-refractivity contribution in [1.29, 1.82) is 5.41 Å². The summed E-state index contributed by atoms with van der Waals surface area (Å²) in [4.78, 5) is 0. The zero-order valence-corrected chi connectivity index (χ0v) is 6.30. The van der Waals surface area contributed by atoms with Crippen molar-refractivity contribution < 1.29 is 10.2 Å². The Morgan fingerprint density at radius 1 is 1.60 bits per heavy atom. The summed E-state index contributed by atoms with van der Waals surface area (Å²) in [6.07, 6.45) is 1.58. The molecule has 3 N–H and O–H groups in total. The summed E-state index contributed by atoms with van der Waals surface area (Å²) in [6.45, 7) is 1.70. The van der Waals surface area contributed by atoms with Crippen molar-refractivity contribution in [2.24, 2.45) is 0 Å². The summed E-state index contributed by atoms with van der Waals surface area (Å²) in [5.74, 6) is 0. The highest BCUT2D eigenvalue weighted by atomic mass is 16.3. The van der Waals surface area contributed by atoms with Crippen molar-refractivity contribution in [2.45, 2.75) is 32.3 Å². The molecule has 0 amide bonds. The molecule has 0 rings (SSSR count). The minimum atomic E-state index is -0.938. The lowest BCUT2D eigenvalue weighted by Crippen LogP contribution is -2.23. The number of rotatable bonds is 5.